The van der Waals surface area contributed by atoms with E-state index in [1.165, 1.54) is 16.7 Å². The van der Waals surface area contributed by atoms with Gasteiger partial charge in [0.2, 0.25) is 0 Å². The number of ether oxygens (including phenoxy) is 1. The number of hydrogen-bond donors (Lipinski definition) is 1. The van der Waals surface area contributed by atoms with Crippen LogP contribution in [0.1, 0.15) is 48.6 Å². The molecule has 0 fully saturated rings. The highest BCUT2D eigenvalue weighted by atomic mass is 16.5. The fraction of sp³-hybridized carbons (Fsp3) is 0.259. The molecule has 0 aliphatic carbocycles. The monoisotopic (exact) mass is 388 g/mol. The third-order valence-electron chi connectivity index (χ3n) is 4.79. The van der Waals surface area contributed by atoms with E-state index in [0.717, 1.165) is 35.3 Å². The fourth-order valence-electron chi connectivity index (χ4n) is 3.10. The van der Waals surface area contributed by atoms with Gasteiger partial charge >= 0.3 is 0 Å². The Kier molecular flexibility index (Phi) is 8.54. The van der Waals surface area contributed by atoms with Gasteiger partial charge in [-0.05, 0) is 67.1 Å². The Morgan fingerprint density at radius 1 is 0.897 bits per heavy atom. The van der Waals surface area contributed by atoms with Gasteiger partial charge in [0.15, 0.2) is 0 Å². The predicted molar refractivity (Wildman–Crippen MR) is 124 cm³/mol. The number of rotatable bonds is 7. The van der Waals surface area contributed by atoms with Crippen LogP contribution in [0.5, 0.6) is 11.5 Å². The quantitative estimate of drug-likeness (QED) is 0.467. The van der Waals surface area contributed by atoms with Gasteiger partial charge in [-0.3, -0.25) is 0 Å². The number of aromatic hydroxyl groups is 1. The molecule has 3 aromatic rings. The summed E-state index contributed by atoms with van der Waals surface area (Å²) in [5.74, 6) is 1.06. The Balaban J connectivity index is 0.00000145. The molecule has 1 N–H and O–H groups in total. The molecule has 0 unspecified atom stereocenters. The molecular formula is C27H32O2. The molecule has 152 valence electrons. The van der Waals surface area contributed by atoms with Crippen LogP contribution in [0.4, 0.5) is 0 Å². The Bertz CT molecular complexity index is 873. The van der Waals surface area contributed by atoms with E-state index in [0.29, 0.717) is 6.61 Å². The van der Waals surface area contributed by atoms with Crippen LogP contribution >= 0.6 is 0 Å². The summed E-state index contributed by atoms with van der Waals surface area (Å²) in [7, 11) is 0. The number of phenols is 1. The lowest BCUT2D eigenvalue weighted by Crippen LogP contribution is -1.99. The van der Waals surface area contributed by atoms with Crippen LogP contribution in [-0.4, -0.2) is 5.11 Å². The second kappa shape index (κ2) is 11.1. The molecule has 0 aliphatic rings. The van der Waals surface area contributed by atoms with Crippen LogP contribution < -0.4 is 4.74 Å². The van der Waals surface area contributed by atoms with Gasteiger partial charge in [0.1, 0.15) is 18.1 Å². The maximum atomic E-state index is 9.93. The number of para-hydroxylation sites is 1. The molecule has 0 aromatic heterocycles. The van der Waals surface area contributed by atoms with Gasteiger partial charge < -0.3 is 9.84 Å². The molecular weight excluding hydrogens is 356 g/mol. The van der Waals surface area contributed by atoms with Crippen molar-refractivity contribution >= 4 is 5.57 Å². The number of hydrogen-bond acceptors (Lipinski definition) is 2. The number of phenolic OH excluding ortho intramolecular Hbond substituents is 1. The first-order valence-corrected chi connectivity index (χ1v) is 10.3. The van der Waals surface area contributed by atoms with Gasteiger partial charge in [0, 0.05) is 5.56 Å². The van der Waals surface area contributed by atoms with Crippen molar-refractivity contribution in [3.8, 4) is 11.5 Å². The van der Waals surface area contributed by atoms with Crippen LogP contribution in [0.3, 0.4) is 0 Å². The lowest BCUT2D eigenvalue weighted by molar-refractivity contribution is 0.299. The van der Waals surface area contributed by atoms with E-state index in [-0.39, 0.29) is 5.75 Å². The zero-order chi connectivity index (χ0) is 21.2. The van der Waals surface area contributed by atoms with Crippen molar-refractivity contribution in [1.82, 2.24) is 0 Å². The van der Waals surface area contributed by atoms with E-state index in [4.69, 9.17) is 4.74 Å². The van der Waals surface area contributed by atoms with Crippen molar-refractivity contribution in [1.29, 1.82) is 0 Å². The highest BCUT2D eigenvalue weighted by Gasteiger charge is 2.07. The lowest BCUT2D eigenvalue weighted by atomic mass is 9.98. The van der Waals surface area contributed by atoms with Gasteiger partial charge in [0.05, 0.1) is 0 Å². The first-order chi connectivity index (χ1) is 14.0. The summed E-state index contributed by atoms with van der Waals surface area (Å²) in [5, 5.41) is 9.93. The van der Waals surface area contributed by atoms with E-state index in [1.54, 1.807) is 6.07 Å². The molecule has 0 atom stereocenters. The SMILES string of the molecule is C=C(C)c1cc(CCc2ccccc2C)cc(OCc2ccccc2O)c1.CC. The molecule has 3 aromatic carbocycles. The average Bonchev–Trinajstić information content (AvgIpc) is 2.74. The maximum absolute atomic E-state index is 9.93. The summed E-state index contributed by atoms with van der Waals surface area (Å²) in [4.78, 5) is 0. The number of allylic oxidation sites excluding steroid dienone is 1. The Morgan fingerprint density at radius 2 is 1.55 bits per heavy atom. The summed E-state index contributed by atoms with van der Waals surface area (Å²) >= 11 is 0. The summed E-state index contributed by atoms with van der Waals surface area (Å²) in [6, 6.07) is 22.1. The third kappa shape index (κ3) is 6.53. The molecule has 0 bridgehead atoms. The normalized spacial score (nSPS) is 10.1. The van der Waals surface area contributed by atoms with Gasteiger partial charge in [-0.1, -0.05) is 74.5 Å². The molecule has 0 saturated heterocycles. The predicted octanol–water partition coefficient (Wildman–Crippen LogP) is 7.12. The third-order valence-corrected chi connectivity index (χ3v) is 4.79. The smallest absolute Gasteiger partial charge is 0.122 e. The van der Waals surface area contributed by atoms with Crippen LogP contribution in [-0.2, 0) is 19.4 Å². The van der Waals surface area contributed by atoms with Gasteiger partial charge in [-0.25, -0.2) is 0 Å². The zero-order valence-electron chi connectivity index (χ0n) is 18.0. The molecule has 2 nitrogen and oxygen atoms in total. The zero-order valence-corrected chi connectivity index (χ0v) is 18.0. The van der Waals surface area contributed by atoms with E-state index in [1.807, 2.05) is 45.0 Å². The topological polar surface area (TPSA) is 29.5 Å². The Labute approximate surface area is 175 Å². The number of benzene rings is 3. The summed E-state index contributed by atoms with van der Waals surface area (Å²) in [6.45, 7) is 12.6. The summed E-state index contributed by atoms with van der Waals surface area (Å²) < 4.78 is 5.98. The second-order valence-corrected chi connectivity index (χ2v) is 6.99. The van der Waals surface area contributed by atoms with E-state index >= 15 is 0 Å². The first kappa shape index (κ1) is 22.3. The largest absolute Gasteiger partial charge is 0.508 e. The minimum Gasteiger partial charge on any atom is -0.508 e. The van der Waals surface area contributed by atoms with Crippen LogP contribution in [0.25, 0.3) is 5.57 Å². The van der Waals surface area contributed by atoms with Crippen LogP contribution in [0.2, 0.25) is 0 Å². The Morgan fingerprint density at radius 3 is 2.21 bits per heavy atom. The van der Waals surface area contributed by atoms with Crippen molar-refractivity contribution in [3.05, 3.63) is 101 Å². The van der Waals surface area contributed by atoms with E-state index in [9.17, 15) is 5.11 Å². The lowest BCUT2D eigenvalue weighted by Gasteiger charge is -2.13. The molecule has 0 amide bonds. The number of aryl methyl sites for hydroxylation is 3. The average molecular weight is 389 g/mol. The molecule has 2 heteroatoms. The first-order valence-electron chi connectivity index (χ1n) is 10.3. The van der Waals surface area contributed by atoms with Crippen LogP contribution in [0, 0.1) is 6.92 Å². The summed E-state index contributed by atoms with van der Waals surface area (Å²) in [6.07, 6.45) is 1.93. The molecule has 0 spiro atoms. The highest BCUT2D eigenvalue weighted by molar-refractivity contribution is 5.63. The molecule has 0 radical (unpaired) electrons. The minimum absolute atomic E-state index is 0.258. The fourth-order valence-corrected chi connectivity index (χ4v) is 3.10. The molecule has 29 heavy (non-hydrogen) atoms. The van der Waals surface area contributed by atoms with Crippen molar-refractivity contribution in [3.63, 3.8) is 0 Å². The molecule has 3 rings (SSSR count). The van der Waals surface area contributed by atoms with Crippen molar-refractivity contribution in [2.45, 2.75) is 47.1 Å². The second-order valence-electron chi connectivity index (χ2n) is 6.99. The van der Waals surface area contributed by atoms with Crippen LogP contribution in [0.15, 0.2) is 73.3 Å². The van der Waals surface area contributed by atoms with Crippen molar-refractivity contribution in [2.75, 3.05) is 0 Å². The van der Waals surface area contributed by atoms with Gasteiger partial charge in [-0.15, -0.1) is 0 Å². The minimum atomic E-state index is 0.258. The molecule has 0 saturated carbocycles. The molecule has 0 heterocycles. The standard InChI is InChI=1S/C25H26O2.C2H6/c1-18(2)23-14-20(12-13-21-9-5-4-8-19(21)3)15-24(16-23)27-17-22-10-6-7-11-25(22)26;1-2/h4-11,14-16,26H,1,12-13,17H2,2-3H3;1-2H3. The highest BCUT2D eigenvalue weighted by Crippen LogP contribution is 2.25. The van der Waals surface area contributed by atoms with Crippen molar-refractivity contribution < 1.29 is 9.84 Å². The van der Waals surface area contributed by atoms with E-state index in [2.05, 4.69) is 49.9 Å². The Hall–Kier alpha value is -3.00. The maximum Gasteiger partial charge on any atom is 0.122 e. The van der Waals surface area contributed by atoms with Crippen molar-refractivity contribution in [2.24, 2.45) is 0 Å². The molecule has 0 aliphatic heterocycles. The van der Waals surface area contributed by atoms with E-state index < -0.39 is 0 Å². The van der Waals surface area contributed by atoms with Gasteiger partial charge in [0.25, 0.3) is 0 Å². The summed E-state index contributed by atoms with van der Waals surface area (Å²) in [5.41, 5.74) is 6.80. The van der Waals surface area contributed by atoms with Gasteiger partial charge in [-0.2, -0.15) is 0 Å².